The van der Waals surface area contributed by atoms with Gasteiger partial charge in [-0.15, -0.1) is 0 Å². The van der Waals surface area contributed by atoms with Crippen molar-refractivity contribution in [3.63, 3.8) is 0 Å². The number of sulfonamides is 1. The number of benzene rings is 2. The van der Waals surface area contributed by atoms with Gasteiger partial charge in [-0.3, -0.25) is 0 Å². The zero-order valence-corrected chi connectivity index (χ0v) is 14.2. The lowest BCUT2D eigenvalue weighted by molar-refractivity contribution is 0.566. The maximum absolute atomic E-state index is 12.5. The van der Waals surface area contributed by atoms with Crippen LogP contribution in [0.5, 0.6) is 0 Å². The number of aryl methyl sites for hydroxylation is 1. The summed E-state index contributed by atoms with van der Waals surface area (Å²) >= 11 is 3.30. The minimum absolute atomic E-state index is 0.271. The van der Waals surface area contributed by atoms with Crippen LogP contribution in [0, 0.1) is 6.92 Å². The second-order valence-corrected chi connectivity index (χ2v) is 7.52. The van der Waals surface area contributed by atoms with Crippen LogP contribution in [-0.2, 0) is 10.0 Å². The summed E-state index contributed by atoms with van der Waals surface area (Å²) in [6.45, 7) is 3.56. The molecule has 2 rings (SSSR count). The standard InChI is InChI=1S/C15H17BrN2O2S/c1-10-6-7-13(16)9-15(10)21(19,20)18-11(2)12-4-3-5-14(17)8-12/h3-9,11,18H,17H2,1-2H3. The van der Waals surface area contributed by atoms with Crippen molar-refractivity contribution in [3.05, 3.63) is 58.1 Å². The van der Waals surface area contributed by atoms with Crippen LogP contribution in [0.25, 0.3) is 0 Å². The SMILES string of the molecule is Cc1ccc(Br)cc1S(=O)(=O)NC(C)c1cccc(N)c1. The number of hydrogen-bond acceptors (Lipinski definition) is 3. The summed E-state index contributed by atoms with van der Waals surface area (Å²) in [5, 5.41) is 0. The zero-order chi connectivity index (χ0) is 15.6. The van der Waals surface area contributed by atoms with Crippen LogP contribution in [0.2, 0.25) is 0 Å². The molecule has 3 N–H and O–H groups in total. The first-order valence-electron chi connectivity index (χ1n) is 6.43. The van der Waals surface area contributed by atoms with Gasteiger partial charge in [0, 0.05) is 16.2 Å². The van der Waals surface area contributed by atoms with E-state index in [2.05, 4.69) is 20.7 Å². The van der Waals surface area contributed by atoms with E-state index in [1.165, 1.54) is 0 Å². The highest BCUT2D eigenvalue weighted by Crippen LogP contribution is 2.23. The van der Waals surface area contributed by atoms with Gasteiger partial charge in [-0.1, -0.05) is 34.1 Å². The van der Waals surface area contributed by atoms with E-state index in [9.17, 15) is 8.42 Å². The Morgan fingerprint density at radius 3 is 2.57 bits per heavy atom. The van der Waals surface area contributed by atoms with E-state index in [1.807, 2.05) is 12.1 Å². The normalized spacial score (nSPS) is 13.1. The lowest BCUT2D eigenvalue weighted by atomic mass is 10.1. The molecule has 0 aliphatic carbocycles. The smallest absolute Gasteiger partial charge is 0.241 e. The highest BCUT2D eigenvalue weighted by Gasteiger charge is 2.20. The summed E-state index contributed by atoms with van der Waals surface area (Å²) in [5.41, 5.74) is 7.87. The van der Waals surface area contributed by atoms with E-state index >= 15 is 0 Å². The van der Waals surface area contributed by atoms with Crippen molar-refractivity contribution in [3.8, 4) is 0 Å². The Kier molecular flexibility index (Phi) is 4.70. The molecule has 2 aromatic rings. The maximum Gasteiger partial charge on any atom is 0.241 e. The highest BCUT2D eigenvalue weighted by molar-refractivity contribution is 9.10. The second-order valence-electron chi connectivity index (χ2n) is 4.92. The summed E-state index contributed by atoms with van der Waals surface area (Å²) in [6, 6.07) is 12.0. The average Bonchev–Trinajstić information content (AvgIpc) is 2.41. The van der Waals surface area contributed by atoms with Crippen LogP contribution in [0.4, 0.5) is 5.69 Å². The van der Waals surface area contributed by atoms with Crippen molar-refractivity contribution in [1.29, 1.82) is 0 Å². The van der Waals surface area contributed by atoms with Crippen molar-refractivity contribution in [2.45, 2.75) is 24.8 Å². The van der Waals surface area contributed by atoms with Gasteiger partial charge in [-0.05, 0) is 49.2 Å². The minimum Gasteiger partial charge on any atom is -0.399 e. The number of nitrogens with one attached hydrogen (secondary N) is 1. The zero-order valence-electron chi connectivity index (χ0n) is 11.8. The fraction of sp³-hybridized carbons (Fsp3) is 0.200. The van der Waals surface area contributed by atoms with E-state index in [4.69, 9.17) is 5.73 Å². The maximum atomic E-state index is 12.5. The molecular formula is C15H17BrN2O2S. The number of nitrogens with two attached hydrogens (primary N) is 1. The predicted octanol–water partition coefficient (Wildman–Crippen LogP) is 3.38. The Morgan fingerprint density at radius 2 is 1.90 bits per heavy atom. The highest BCUT2D eigenvalue weighted by atomic mass is 79.9. The Hall–Kier alpha value is -1.37. The molecule has 0 radical (unpaired) electrons. The number of nitrogen functional groups attached to an aromatic ring is 1. The average molecular weight is 369 g/mol. The summed E-state index contributed by atoms with van der Waals surface area (Å²) in [6.07, 6.45) is 0. The monoisotopic (exact) mass is 368 g/mol. The summed E-state index contributed by atoms with van der Waals surface area (Å²) in [4.78, 5) is 0.271. The van der Waals surface area contributed by atoms with Crippen LogP contribution in [-0.4, -0.2) is 8.42 Å². The number of halogens is 1. The molecule has 0 fully saturated rings. The van der Waals surface area contributed by atoms with E-state index in [0.29, 0.717) is 11.3 Å². The molecule has 0 saturated heterocycles. The second kappa shape index (κ2) is 6.17. The third-order valence-corrected chi connectivity index (χ3v) is 5.36. The predicted molar refractivity (Wildman–Crippen MR) is 88.5 cm³/mol. The van der Waals surface area contributed by atoms with Gasteiger partial charge in [0.2, 0.25) is 10.0 Å². The van der Waals surface area contributed by atoms with E-state index < -0.39 is 10.0 Å². The van der Waals surface area contributed by atoms with Crippen molar-refractivity contribution in [2.75, 3.05) is 5.73 Å². The van der Waals surface area contributed by atoms with E-state index in [-0.39, 0.29) is 10.9 Å². The number of hydrogen-bond donors (Lipinski definition) is 2. The quantitative estimate of drug-likeness (QED) is 0.812. The molecule has 0 amide bonds. The Balaban J connectivity index is 2.31. The molecule has 2 aromatic carbocycles. The van der Waals surface area contributed by atoms with Crippen LogP contribution >= 0.6 is 15.9 Å². The molecule has 1 unspecified atom stereocenters. The third kappa shape index (κ3) is 3.84. The molecule has 0 aliphatic rings. The molecule has 0 bridgehead atoms. The molecule has 0 heterocycles. The van der Waals surface area contributed by atoms with Gasteiger partial charge < -0.3 is 5.73 Å². The van der Waals surface area contributed by atoms with Crippen LogP contribution in [0.15, 0.2) is 51.8 Å². The fourth-order valence-corrected chi connectivity index (χ4v) is 4.07. The lowest BCUT2D eigenvalue weighted by Gasteiger charge is -2.16. The molecule has 0 saturated carbocycles. The van der Waals surface area contributed by atoms with Crippen LogP contribution in [0.3, 0.4) is 0 Å². The molecule has 4 nitrogen and oxygen atoms in total. The number of rotatable bonds is 4. The van der Waals surface area contributed by atoms with Crippen molar-refractivity contribution in [1.82, 2.24) is 4.72 Å². The molecular weight excluding hydrogens is 352 g/mol. The van der Waals surface area contributed by atoms with Gasteiger partial charge in [0.05, 0.1) is 4.90 Å². The third-order valence-electron chi connectivity index (χ3n) is 3.18. The van der Waals surface area contributed by atoms with Gasteiger partial charge >= 0.3 is 0 Å². The first kappa shape index (κ1) is 16.0. The molecule has 21 heavy (non-hydrogen) atoms. The summed E-state index contributed by atoms with van der Waals surface area (Å²) < 4.78 is 28.4. The van der Waals surface area contributed by atoms with Crippen LogP contribution in [0.1, 0.15) is 24.1 Å². The Labute approximate surface area is 133 Å². The van der Waals surface area contributed by atoms with Gasteiger partial charge in [0.15, 0.2) is 0 Å². The first-order chi connectivity index (χ1) is 9.79. The molecule has 112 valence electrons. The summed E-state index contributed by atoms with van der Waals surface area (Å²) in [5.74, 6) is 0. The fourth-order valence-electron chi connectivity index (χ4n) is 2.06. The Bertz CT molecular complexity index is 760. The van der Waals surface area contributed by atoms with Crippen LogP contribution < -0.4 is 10.5 Å². The molecule has 0 spiro atoms. The topological polar surface area (TPSA) is 72.2 Å². The van der Waals surface area contributed by atoms with Crippen molar-refractivity contribution < 1.29 is 8.42 Å². The lowest BCUT2D eigenvalue weighted by Crippen LogP contribution is -2.27. The van der Waals surface area contributed by atoms with Gasteiger partial charge in [-0.25, -0.2) is 13.1 Å². The minimum atomic E-state index is -3.59. The van der Waals surface area contributed by atoms with E-state index in [1.54, 1.807) is 44.2 Å². The van der Waals surface area contributed by atoms with Crippen molar-refractivity contribution in [2.24, 2.45) is 0 Å². The Morgan fingerprint density at radius 1 is 1.19 bits per heavy atom. The molecule has 0 aliphatic heterocycles. The van der Waals surface area contributed by atoms with Gasteiger partial charge in [0.1, 0.15) is 0 Å². The molecule has 1 atom stereocenters. The van der Waals surface area contributed by atoms with Gasteiger partial charge in [0.25, 0.3) is 0 Å². The van der Waals surface area contributed by atoms with Crippen molar-refractivity contribution >= 4 is 31.6 Å². The molecule has 0 aromatic heterocycles. The largest absolute Gasteiger partial charge is 0.399 e. The van der Waals surface area contributed by atoms with E-state index in [0.717, 1.165) is 10.0 Å². The molecule has 6 heteroatoms. The number of anilines is 1. The van der Waals surface area contributed by atoms with Gasteiger partial charge in [-0.2, -0.15) is 0 Å². The first-order valence-corrected chi connectivity index (χ1v) is 8.71. The summed E-state index contributed by atoms with van der Waals surface area (Å²) in [7, 11) is -3.59.